The van der Waals surface area contributed by atoms with E-state index < -0.39 is 0 Å². The zero-order valence-corrected chi connectivity index (χ0v) is 5.13. The first-order valence-electron chi connectivity index (χ1n) is 2.96. The summed E-state index contributed by atoms with van der Waals surface area (Å²) in [6.07, 6.45) is 9.00. The van der Waals surface area contributed by atoms with E-state index >= 15 is 0 Å². The van der Waals surface area contributed by atoms with Crippen molar-refractivity contribution in [3.8, 4) is 0 Å². The number of allylic oxidation sites excluding steroid dienone is 1. The Hall–Kier alpha value is -0.300. The fourth-order valence-corrected chi connectivity index (χ4v) is 0.852. The lowest BCUT2D eigenvalue weighted by atomic mass is 10.1. The summed E-state index contributed by atoms with van der Waals surface area (Å²) < 4.78 is 5.08. The van der Waals surface area contributed by atoms with Crippen LogP contribution in [0.1, 0.15) is 12.8 Å². The second-order valence-electron chi connectivity index (χ2n) is 1.97. The maximum Gasteiger partial charge on any atom is 0.0752 e. The molecular formula is C7H11O. The van der Waals surface area contributed by atoms with Crippen molar-refractivity contribution in [3.63, 3.8) is 0 Å². The average Bonchev–Trinajstić information content (AvgIpc) is 1.90. The number of methoxy groups -OCH3 is 1. The molecule has 0 spiro atoms. The van der Waals surface area contributed by atoms with Gasteiger partial charge in [-0.3, -0.25) is 0 Å². The second-order valence-corrected chi connectivity index (χ2v) is 1.97. The van der Waals surface area contributed by atoms with Crippen molar-refractivity contribution in [2.45, 2.75) is 18.9 Å². The molecule has 0 aromatic heterocycles. The Labute approximate surface area is 50.3 Å². The van der Waals surface area contributed by atoms with E-state index in [2.05, 4.69) is 18.6 Å². The molecule has 1 aliphatic carbocycles. The maximum absolute atomic E-state index is 5.08. The molecular weight excluding hydrogens is 100 g/mol. The Morgan fingerprint density at radius 1 is 1.62 bits per heavy atom. The molecule has 1 nitrogen and oxygen atoms in total. The monoisotopic (exact) mass is 111 g/mol. The first-order chi connectivity index (χ1) is 3.93. The first-order valence-corrected chi connectivity index (χ1v) is 2.96. The summed E-state index contributed by atoms with van der Waals surface area (Å²) in [5.41, 5.74) is 0. The van der Waals surface area contributed by atoms with Crippen LogP contribution in [-0.2, 0) is 4.74 Å². The smallest absolute Gasteiger partial charge is 0.0752 e. The first kappa shape index (κ1) is 5.83. The molecule has 8 heavy (non-hydrogen) atoms. The molecule has 45 valence electrons. The van der Waals surface area contributed by atoms with Gasteiger partial charge in [-0.1, -0.05) is 12.2 Å². The number of hydrogen-bond donors (Lipinski definition) is 0. The van der Waals surface area contributed by atoms with E-state index in [0.717, 1.165) is 12.8 Å². The zero-order valence-electron chi connectivity index (χ0n) is 5.13. The highest BCUT2D eigenvalue weighted by Gasteiger charge is 2.04. The van der Waals surface area contributed by atoms with Gasteiger partial charge in [0.15, 0.2) is 0 Å². The van der Waals surface area contributed by atoms with E-state index in [9.17, 15) is 0 Å². The third kappa shape index (κ3) is 1.34. The van der Waals surface area contributed by atoms with Crippen LogP contribution in [0.5, 0.6) is 0 Å². The van der Waals surface area contributed by atoms with E-state index in [1.165, 1.54) is 0 Å². The molecule has 0 bridgehead atoms. The topological polar surface area (TPSA) is 9.23 Å². The van der Waals surface area contributed by atoms with Crippen molar-refractivity contribution in [1.82, 2.24) is 0 Å². The number of ether oxygens (including phenoxy) is 1. The highest BCUT2D eigenvalue weighted by molar-refractivity contribution is 5.03. The van der Waals surface area contributed by atoms with Gasteiger partial charge in [-0.05, 0) is 19.3 Å². The Morgan fingerprint density at radius 3 is 2.88 bits per heavy atom. The molecule has 0 aromatic rings. The standard InChI is InChI=1S/C7H11O/c1-8-7-5-3-2-4-6-7/h2-3,5,7H,4,6H2,1H3. The van der Waals surface area contributed by atoms with Gasteiger partial charge in [0.2, 0.25) is 0 Å². The SMILES string of the molecule is COC1C=C[CH]CC1. The summed E-state index contributed by atoms with van der Waals surface area (Å²) in [5, 5.41) is 0. The fraction of sp³-hybridized carbons (Fsp3) is 0.571. The van der Waals surface area contributed by atoms with Crippen molar-refractivity contribution in [2.75, 3.05) is 7.11 Å². The quantitative estimate of drug-likeness (QED) is 0.499. The van der Waals surface area contributed by atoms with Crippen molar-refractivity contribution in [1.29, 1.82) is 0 Å². The van der Waals surface area contributed by atoms with Crippen molar-refractivity contribution < 1.29 is 4.74 Å². The fourth-order valence-electron chi connectivity index (χ4n) is 0.852. The summed E-state index contributed by atoms with van der Waals surface area (Å²) >= 11 is 0. The molecule has 0 N–H and O–H groups in total. The van der Waals surface area contributed by atoms with Crippen LogP contribution in [0.25, 0.3) is 0 Å². The molecule has 0 fully saturated rings. The Balaban J connectivity index is 2.32. The van der Waals surface area contributed by atoms with Gasteiger partial charge < -0.3 is 4.74 Å². The zero-order chi connectivity index (χ0) is 5.82. The lowest BCUT2D eigenvalue weighted by Gasteiger charge is -2.12. The molecule has 1 rings (SSSR count). The van der Waals surface area contributed by atoms with Crippen LogP contribution in [0.4, 0.5) is 0 Å². The predicted molar refractivity (Wildman–Crippen MR) is 33.5 cm³/mol. The molecule has 1 unspecified atom stereocenters. The lowest BCUT2D eigenvalue weighted by molar-refractivity contribution is 0.131. The molecule has 0 amide bonds. The van der Waals surface area contributed by atoms with Gasteiger partial charge in [0.1, 0.15) is 0 Å². The van der Waals surface area contributed by atoms with E-state index in [-0.39, 0.29) is 0 Å². The Morgan fingerprint density at radius 2 is 2.50 bits per heavy atom. The Kier molecular flexibility index (Phi) is 2.10. The summed E-state index contributed by atoms with van der Waals surface area (Å²) in [7, 11) is 1.75. The van der Waals surface area contributed by atoms with Gasteiger partial charge in [0.05, 0.1) is 6.10 Å². The molecule has 1 heteroatoms. The highest BCUT2D eigenvalue weighted by atomic mass is 16.5. The van der Waals surface area contributed by atoms with Gasteiger partial charge in [-0.15, -0.1) is 0 Å². The average molecular weight is 111 g/mol. The second kappa shape index (κ2) is 2.88. The van der Waals surface area contributed by atoms with Gasteiger partial charge in [-0.2, -0.15) is 0 Å². The molecule has 0 saturated carbocycles. The van der Waals surface area contributed by atoms with Crippen molar-refractivity contribution in [2.24, 2.45) is 0 Å². The summed E-state index contributed by atoms with van der Waals surface area (Å²) in [4.78, 5) is 0. The summed E-state index contributed by atoms with van der Waals surface area (Å²) in [6.45, 7) is 0. The lowest BCUT2D eigenvalue weighted by Crippen LogP contribution is -2.08. The highest BCUT2D eigenvalue weighted by Crippen LogP contribution is 2.10. The van der Waals surface area contributed by atoms with Crippen molar-refractivity contribution in [3.05, 3.63) is 18.6 Å². The molecule has 0 saturated heterocycles. The summed E-state index contributed by atoms with van der Waals surface area (Å²) in [6, 6.07) is 0. The summed E-state index contributed by atoms with van der Waals surface area (Å²) in [5.74, 6) is 0. The minimum Gasteiger partial charge on any atom is -0.377 e. The van der Waals surface area contributed by atoms with Gasteiger partial charge in [0.25, 0.3) is 0 Å². The van der Waals surface area contributed by atoms with Crippen molar-refractivity contribution >= 4 is 0 Å². The minimum atomic E-state index is 0.375. The number of rotatable bonds is 1. The predicted octanol–water partition coefficient (Wildman–Crippen LogP) is 1.56. The van der Waals surface area contributed by atoms with Crippen LogP contribution < -0.4 is 0 Å². The molecule has 1 aliphatic rings. The molecule has 0 aliphatic heterocycles. The van der Waals surface area contributed by atoms with E-state index in [1.807, 2.05) is 0 Å². The van der Waals surface area contributed by atoms with Gasteiger partial charge in [0, 0.05) is 7.11 Å². The third-order valence-corrected chi connectivity index (χ3v) is 1.38. The van der Waals surface area contributed by atoms with Gasteiger partial charge >= 0.3 is 0 Å². The minimum absolute atomic E-state index is 0.375. The van der Waals surface area contributed by atoms with Crippen LogP contribution in [0.2, 0.25) is 0 Å². The Bertz CT molecular complexity index is 86.4. The molecule has 1 atom stereocenters. The normalized spacial score (nSPS) is 28.4. The molecule has 1 radical (unpaired) electrons. The van der Waals surface area contributed by atoms with Crippen LogP contribution >= 0.6 is 0 Å². The van der Waals surface area contributed by atoms with E-state index in [0.29, 0.717) is 6.10 Å². The maximum atomic E-state index is 5.08. The van der Waals surface area contributed by atoms with Crippen LogP contribution in [0.15, 0.2) is 12.2 Å². The molecule has 0 aromatic carbocycles. The third-order valence-electron chi connectivity index (χ3n) is 1.38. The van der Waals surface area contributed by atoms with Crippen LogP contribution in [0, 0.1) is 6.42 Å². The largest absolute Gasteiger partial charge is 0.377 e. The van der Waals surface area contributed by atoms with Gasteiger partial charge in [-0.25, -0.2) is 0 Å². The van der Waals surface area contributed by atoms with Crippen LogP contribution in [-0.4, -0.2) is 13.2 Å². The molecule has 0 heterocycles. The number of hydrogen-bond acceptors (Lipinski definition) is 1. The van der Waals surface area contributed by atoms with Crippen LogP contribution in [0.3, 0.4) is 0 Å². The van der Waals surface area contributed by atoms with E-state index in [4.69, 9.17) is 4.74 Å². The van der Waals surface area contributed by atoms with E-state index in [1.54, 1.807) is 7.11 Å².